The van der Waals surface area contributed by atoms with Crippen LogP contribution < -0.4 is 5.09 Å². The Hall–Kier alpha value is -1.64. The molecule has 1 aromatic carbocycles. The Kier molecular flexibility index (Phi) is 6.08. The lowest BCUT2D eigenvalue weighted by molar-refractivity contribution is -0.152. The van der Waals surface area contributed by atoms with Gasteiger partial charge in [0.2, 0.25) is 5.91 Å². The topological polar surface area (TPSA) is 94.2 Å². The van der Waals surface area contributed by atoms with Crippen LogP contribution in [0.1, 0.15) is 12.5 Å². The van der Waals surface area contributed by atoms with Crippen molar-refractivity contribution in [2.75, 3.05) is 20.0 Å². The molecule has 27 heavy (non-hydrogen) atoms. The van der Waals surface area contributed by atoms with E-state index >= 15 is 0 Å². The number of fused-ring (bicyclic) bond motifs is 1. The van der Waals surface area contributed by atoms with E-state index in [1.165, 1.54) is 30.9 Å². The van der Waals surface area contributed by atoms with Crippen LogP contribution in [0, 0.1) is 0 Å². The molecule has 3 rings (SSSR count). The molecule has 0 saturated carbocycles. The van der Waals surface area contributed by atoms with E-state index in [0.717, 1.165) is 11.1 Å². The average molecular weight is 412 g/mol. The van der Waals surface area contributed by atoms with E-state index in [1.54, 1.807) is 6.92 Å². The molecule has 1 aromatic rings. The molecule has 0 aliphatic carbocycles. The van der Waals surface area contributed by atoms with Crippen molar-refractivity contribution >= 4 is 31.4 Å². The summed E-state index contributed by atoms with van der Waals surface area (Å²) < 4.78 is 27.4. The Morgan fingerprint density at radius 2 is 1.96 bits per heavy atom. The molecule has 1 fully saturated rings. The fourth-order valence-electron chi connectivity index (χ4n) is 2.89. The summed E-state index contributed by atoms with van der Waals surface area (Å²) in [6, 6.07) is 8.56. The van der Waals surface area contributed by atoms with Crippen molar-refractivity contribution in [3.05, 3.63) is 47.2 Å². The molecular formula is C17H21N2O6PS. The maximum atomic E-state index is 12.6. The molecule has 1 N–H and O–H groups in total. The molecule has 146 valence electrons. The molecule has 1 saturated heterocycles. The molecule has 2 aliphatic heterocycles. The minimum Gasteiger partial charge on any atom is -0.456 e. The highest BCUT2D eigenvalue weighted by Crippen LogP contribution is 2.48. The normalized spacial score (nSPS) is 22.3. The van der Waals surface area contributed by atoms with Crippen molar-refractivity contribution in [2.45, 2.75) is 24.9 Å². The Labute approximate surface area is 161 Å². The molecule has 2 unspecified atom stereocenters. The van der Waals surface area contributed by atoms with Crippen LogP contribution in [0.4, 0.5) is 0 Å². The average Bonchev–Trinajstić information content (AvgIpc) is 2.70. The van der Waals surface area contributed by atoms with Gasteiger partial charge in [-0.05, 0) is 18.1 Å². The summed E-state index contributed by atoms with van der Waals surface area (Å²) in [5, 5.41) is 2.26. The van der Waals surface area contributed by atoms with Gasteiger partial charge < -0.3 is 13.8 Å². The molecule has 1 amide bonds. The Morgan fingerprint density at radius 3 is 2.59 bits per heavy atom. The maximum Gasteiger partial charge on any atom is 0.405 e. The third kappa shape index (κ3) is 3.97. The number of thioether (sulfide) groups is 1. The first-order chi connectivity index (χ1) is 12.9. The van der Waals surface area contributed by atoms with Gasteiger partial charge in [0.05, 0.1) is 0 Å². The summed E-state index contributed by atoms with van der Waals surface area (Å²) in [4.78, 5) is 26.6. The monoisotopic (exact) mass is 412 g/mol. The van der Waals surface area contributed by atoms with Crippen LogP contribution in [-0.4, -0.2) is 48.2 Å². The van der Waals surface area contributed by atoms with Gasteiger partial charge in [0, 0.05) is 20.0 Å². The van der Waals surface area contributed by atoms with E-state index in [1.807, 2.05) is 30.3 Å². The molecular weight excluding hydrogens is 391 g/mol. The summed E-state index contributed by atoms with van der Waals surface area (Å²) in [6.45, 7) is 1.92. The van der Waals surface area contributed by atoms with E-state index in [4.69, 9.17) is 13.8 Å². The fraction of sp³-hybridized carbons (Fsp3) is 0.412. The third-order valence-electron chi connectivity index (χ3n) is 4.34. The van der Waals surface area contributed by atoms with Crippen molar-refractivity contribution in [3.63, 3.8) is 0 Å². The van der Waals surface area contributed by atoms with Crippen LogP contribution in [0.5, 0.6) is 0 Å². The molecule has 10 heteroatoms. The van der Waals surface area contributed by atoms with Crippen molar-refractivity contribution in [3.8, 4) is 0 Å². The van der Waals surface area contributed by atoms with Gasteiger partial charge >= 0.3 is 13.7 Å². The van der Waals surface area contributed by atoms with Gasteiger partial charge in [0.1, 0.15) is 23.7 Å². The molecule has 2 aliphatic rings. The van der Waals surface area contributed by atoms with Gasteiger partial charge in [0.15, 0.2) is 0 Å². The molecule has 0 aromatic heterocycles. The highest BCUT2D eigenvalue weighted by atomic mass is 32.2. The number of rotatable bonds is 7. The van der Waals surface area contributed by atoms with Gasteiger partial charge in [-0.25, -0.2) is 14.4 Å². The summed E-state index contributed by atoms with van der Waals surface area (Å²) in [5.41, 5.74) is 1.88. The van der Waals surface area contributed by atoms with E-state index in [0.29, 0.717) is 5.75 Å². The molecule has 8 nitrogen and oxygen atoms in total. The van der Waals surface area contributed by atoms with Crippen molar-refractivity contribution in [1.82, 2.24) is 9.99 Å². The van der Waals surface area contributed by atoms with Crippen LogP contribution in [0.15, 0.2) is 41.6 Å². The first-order valence-electron chi connectivity index (χ1n) is 8.25. The molecule has 0 bridgehead atoms. The molecule has 2 heterocycles. The van der Waals surface area contributed by atoms with Gasteiger partial charge in [-0.2, -0.15) is 0 Å². The van der Waals surface area contributed by atoms with Gasteiger partial charge in [-0.3, -0.25) is 9.69 Å². The number of nitrogens with one attached hydrogen (secondary N) is 1. The summed E-state index contributed by atoms with van der Waals surface area (Å²) in [5.74, 6) is -0.352. The number of amides is 1. The highest BCUT2D eigenvalue weighted by molar-refractivity contribution is 8.00. The van der Waals surface area contributed by atoms with Gasteiger partial charge in [-0.1, -0.05) is 30.3 Å². The predicted molar refractivity (Wildman–Crippen MR) is 101 cm³/mol. The first-order valence-corrected chi connectivity index (χ1v) is 10.8. The zero-order valence-electron chi connectivity index (χ0n) is 15.2. The number of hydrogen-bond donors (Lipinski definition) is 1. The second-order valence-electron chi connectivity index (χ2n) is 6.07. The number of β-lactam (4-membered cyclic amide) rings is 1. The summed E-state index contributed by atoms with van der Waals surface area (Å²) in [7, 11) is -1.08. The Bertz CT molecular complexity index is 807. The predicted octanol–water partition coefficient (Wildman–Crippen LogP) is 2.28. The minimum atomic E-state index is -3.56. The largest absolute Gasteiger partial charge is 0.456 e. The standard InChI is InChI=1S/C17H21N2O6PS/c1-11-10-27-16-13(18-26(22,23-2)24-3)15(20)19(16)14(11)17(21)25-9-12-7-5-4-6-8-12/h4-8,13,16H,9-10H2,1-3H3,(H,18,22). The van der Waals surface area contributed by atoms with Crippen molar-refractivity contribution in [1.29, 1.82) is 0 Å². The smallest absolute Gasteiger partial charge is 0.405 e. The lowest BCUT2D eigenvalue weighted by atomic mass is 10.0. The first kappa shape index (κ1) is 20.1. The maximum absolute atomic E-state index is 12.6. The SMILES string of the molecule is COP(=O)(NC1C(=O)N2C(C(=O)OCc3ccccc3)=C(C)CSC12)OC. The quantitative estimate of drug-likeness (QED) is 0.414. The highest BCUT2D eigenvalue weighted by Gasteiger charge is 2.55. The van der Waals surface area contributed by atoms with Crippen LogP contribution in [-0.2, 0) is 34.5 Å². The lowest BCUT2D eigenvalue weighted by Crippen LogP contribution is -2.69. The van der Waals surface area contributed by atoms with Crippen LogP contribution in [0.3, 0.4) is 0 Å². The van der Waals surface area contributed by atoms with Crippen molar-refractivity contribution < 1.29 is 27.9 Å². The van der Waals surface area contributed by atoms with Crippen LogP contribution in [0.25, 0.3) is 0 Å². The van der Waals surface area contributed by atoms with E-state index in [2.05, 4.69) is 5.09 Å². The Morgan fingerprint density at radius 1 is 1.30 bits per heavy atom. The minimum absolute atomic E-state index is 0.126. The van der Waals surface area contributed by atoms with Crippen LogP contribution >= 0.6 is 19.5 Å². The zero-order chi connectivity index (χ0) is 19.6. The number of carbonyl (C=O) groups excluding carboxylic acids is 2. The summed E-state index contributed by atoms with van der Waals surface area (Å²) in [6.07, 6.45) is 0. The third-order valence-corrected chi connectivity index (χ3v) is 7.32. The van der Waals surface area contributed by atoms with E-state index < -0.39 is 19.8 Å². The van der Waals surface area contributed by atoms with E-state index in [9.17, 15) is 14.2 Å². The number of carbonyl (C=O) groups is 2. The second kappa shape index (κ2) is 8.16. The lowest BCUT2D eigenvalue weighted by Gasteiger charge is -2.49. The number of hydrogen-bond acceptors (Lipinski definition) is 7. The fourth-order valence-corrected chi connectivity index (χ4v) is 5.24. The number of benzene rings is 1. The van der Waals surface area contributed by atoms with Gasteiger partial charge in [0.25, 0.3) is 0 Å². The zero-order valence-corrected chi connectivity index (χ0v) is 16.9. The number of ether oxygens (including phenoxy) is 1. The second-order valence-corrected chi connectivity index (χ2v) is 9.16. The van der Waals surface area contributed by atoms with Crippen LogP contribution in [0.2, 0.25) is 0 Å². The van der Waals surface area contributed by atoms with E-state index in [-0.39, 0.29) is 23.6 Å². The Balaban J connectivity index is 1.71. The number of esters is 1. The number of nitrogens with zero attached hydrogens (tertiary/aromatic N) is 1. The molecule has 0 spiro atoms. The summed E-state index contributed by atoms with van der Waals surface area (Å²) >= 11 is 1.47. The van der Waals surface area contributed by atoms with Gasteiger partial charge in [-0.15, -0.1) is 11.8 Å². The molecule has 2 atom stereocenters. The van der Waals surface area contributed by atoms with Crippen molar-refractivity contribution in [2.24, 2.45) is 0 Å². The molecule has 0 radical (unpaired) electrons.